The number of hydrogen-bond acceptors (Lipinski definition) is 4. The minimum atomic E-state index is -0.691. The van der Waals surface area contributed by atoms with Gasteiger partial charge in [0.15, 0.2) is 0 Å². The largest absolute Gasteiger partial charge is 0.469 e. The summed E-state index contributed by atoms with van der Waals surface area (Å²) in [5.41, 5.74) is 0.778. The van der Waals surface area contributed by atoms with Gasteiger partial charge in [0.05, 0.1) is 13.0 Å². The number of benzene rings is 1. The summed E-state index contributed by atoms with van der Waals surface area (Å²) in [5, 5.41) is 0. The lowest BCUT2D eigenvalue weighted by atomic mass is 10.1. The number of amides is 2. The van der Waals surface area contributed by atoms with Gasteiger partial charge < -0.3 is 14.5 Å². The van der Waals surface area contributed by atoms with Crippen LogP contribution in [0.3, 0.4) is 0 Å². The van der Waals surface area contributed by atoms with Gasteiger partial charge in [-0.15, -0.1) is 0 Å². The molecule has 1 fully saturated rings. The Labute approximate surface area is 156 Å². The highest BCUT2D eigenvalue weighted by molar-refractivity contribution is 9.10. The molecular formula is C18H23BrN2O4. The Morgan fingerprint density at radius 1 is 1.44 bits per heavy atom. The van der Waals surface area contributed by atoms with Crippen molar-refractivity contribution in [1.29, 1.82) is 0 Å². The second kappa shape index (κ2) is 8.47. The van der Waals surface area contributed by atoms with E-state index in [4.69, 9.17) is 4.74 Å². The molecule has 2 atom stereocenters. The van der Waals surface area contributed by atoms with Gasteiger partial charge in [0, 0.05) is 29.8 Å². The molecule has 2 unspecified atom stereocenters. The number of anilines is 1. The molecule has 0 aliphatic carbocycles. The Morgan fingerprint density at radius 3 is 2.76 bits per heavy atom. The highest BCUT2D eigenvalue weighted by Crippen LogP contribution is 2.28. The predicted octanol–water partition coefficient (Wildman–Crippen LogP) is 2.46. The minimum absolute atomic E-state index is 0.188. The zero-order valence-electron chi connectivity index (χ0n) is 14.7. The lowest BCUT2D eigenvalue weighted by molar-refractivity contribution is -0.147. The van der Waals surface area contributed by atoms with E-state index in [0.717, 1.165) is 10.2 Å². The van der Waals surface area contributed by atoms with E-state index >= 15 is 0 Å². The maximum atomic E-state index is 12.8. The molecule has 0 N–H and O–H groups in total. The number of nitrogens with zero attached hydrogens (tertiary/aromatic N) is 2. The molecule has 2 amide bonds. The van der Waals surface area contributed by atoms with E-state index in [2.05, 4.69) is 15.9 Å². The molecule has 1 aromatic carbocycles. The Hall–Kier alpha value is -1.89. The van der Waals surface area contributed by atoms with Gasteiger partial charge in [0.25, 0.3) is 0 Å². The second-order valence-corrected chi connectivity index (χ2v) is 7.03. The third-order valence-electron chi connectivity index (χ3n) is 4.41. The van der Waals surface area contributed by atoms with Crippen molar-refractivity contribution in [1.82, 2.24) is 4.90 Å². The number of carbonyl (C=O) groups is 3. The van der Waals surface area contributed by atoms with Crippen molar-refractivity contribution in [3.05, 3.63) is 28.7 Å². The summed E-state index contributed by atoms with van der Waals surface area (Å²) in [6.45, 7) is 4.76. The number of esters is 1. The zero-order chi connectivity index (χ0) is 18.6. The molecule has 1 heterocycles. The van der Waals surface area contributed by atoms with Gasteiger partial charge in [-0.3, -0.25) is 14.4 Å². The number of carbonyl (C=O) groups excluding carboxylic acids is 3. The fourth-order valence-electron chi connectivity index (χ4n) is 3.01. The van der Waals surface area contributed by atoms with Gasteiger partial charge in [0.1, 0.15) is 5.92 Å². The molecule has 0 spiro atoms. The molecule has 1 aliphatic heterocycles. The number of halogens is 1. The fourth-order valence-corrected chi connectivity index (χ4v) is 3.40. The molecule has 2 rings (SSSR count). The molecule has 0 radical (unpaired) electrons. The predicted molar refractivity (Wildman–Crippen MR) is 98.0 cm³/mol. The quantitative estimate of drug-likeness (QED) is 0.533. The van der Waals surface area contributed by atoms with E-state index in [1.165, 1.54) is 7.11 Å². The van der Waals surface area contributed by atoms with E-state index in [0.29, 0.717) is 19.5 Å². The van der Waals surface area contributed by atoms with E-state index in [9.17, 15) is 14.4 Å². The Bertz CT molecular complexity index is 664. The maximum absolute atomic E-state index is 12.8. The molecule has 25 heavy (non-hydrogen) atoms. The van der Waals surface area contributed by atoms with Gasteiger partial charge in [-0.1, -0.05) is 28.9 Å². The van der Waals surface area contributed by atoms with Crippen LogP contribution in [0.2, 0.25) is 0 Å². The molecule has 0 aromatic heterocycles. The first-order valence-electron chi connectivity index (χ1n) is 8.32. The molecule has 0 bridgehead atoms. The van der Waals surface area contributed by atoms with Crippen LogP contribution in [0.15, 0.2) is 28.7 Å². The van der Waals surface area contributed by atoms with Gasteiger partial charge in [-0.2, -0.15) is 0 Å². The Balaban J connectivity index is 2.09. The number of hydrogen-bond donors (Lipinski definition) is 0. The van der Waals surface area contributed by atoms with Crippen molar-refractivity contribution in [3.63, 3.8) is 0 Å². The second-order valence-electron chi connectivity index (χ2n) is 6.11. The van der Waals surface area contributed by atoms with Crippen molar-refractivity contribution in [2.45, 2.75) is 20.3 Å². The Kier molecular flexibility index (Phi) is 6.58. The monoisotopic (exact) mass is 410 g/mol. The number of ether oxygens (including phenoxy) is 1. The lowest BCUT2D eigenvalue weighted by Crippen LogP contribution is -2.43. The van der Waals surface area contributed by atoms with Crippen molar-refractivity contribution >= 4 is 39.4 Å². The van der Waals surface area contributed by atoms with Crippen LogP contribution < -0.4 is 4.90 Å². The van der Waals surface area contributed by atoms with Crippen LogP contribution in [0.1, 0.15) is 20.3 Å². The third kappa shape index (κ3) is 4.39. The van der Waals surface area contributed by atoms with E-state index < -0.39 is 11.8 Å². The first-order chi connectivity index (χ1) is 11.9. The van der Waals surface area contributed by atoms with Gasteiger partial charge in [-0.25, -0.2) is 0 Å². The summed E-state index contributed by atoms with van der Waals surface area (Å²) in [6.07, 6.45) is 0.479. The first kappa shape index (κ1) is 19.4. The summed E-state index contributed by atoms with van der Waals surface area (Å²) in [4.78, 5) is 40.3. The molecule has 136 valence electrons. The van der Waals surface area contributed by atoms with Crippen LogP contribution in [0, 0.1) is 11.8 Å². The maximum Gasteiger partial charge on any atom is 0.310 e. The van der Waals surface area contributed by atoms with E-state index in [1.54, 1.807) is 16.7 Å². The smallest absolute Gasteiger partial charge is 0.310 e. The average molecular weight is 411 g/mol. The molecule has 7 heteroatoms. The molecule has 6 nitrogen and oxygen atoms in total. The van der Waals surface area contributed by atoms with E-state index in [-0.39, 0.29) is 24.3 Å². The van der Waals surface area contributed by atoms with Gasteiger partial charge >= 0.3 is 5.97 Å². The first-order valence-corrected chi connectivity index (χ1v) is 9.11. The average Bonchev–Trinajstić information content (AvgIpc) is 2.99. The van der Waals surface area contributed by atoms with Crippen molar-refractivity contribution in [2.24, 2.45) is 11.8 Å². The summed E-state index contributed by atoms with van der Waals surface area (Å²) >= 11 is 3.40. The Morgan fingerprint density at radius 2 is 2.16 bits per heavy atom. The molecule has 0 saturated carbocycles. The summed E-state index contributed by atoms with van der Waals surface area (Å²) in [7, 11) is 1.33. The summed E-state index contributed by atoms with van der Waals surface area (Å²) in [5.74, 6) is -1.89. The van der Waals surface area contributed by atoms with Crippen LogP contribution in [0.5, 0.6) is 0 Å². The van der Waals surface area contributed by atoms with Gasteiger partial charge in [-0.05, 0) is 31.5 Å². The van der Waals surface area contributed by atoms with Crippen LogP contribution in [0.4, 0.5) is 5.69 Å². The van der Waals surface area contributed by atoms with Crippen LogP contribution in [0.25, 0.3) is 0 Å². The molecule has 1 aromatic rings. The molecule has 1 aliphatic rings. The van der Waals surface area contributed by atoms with Crippen molar-refractivity contribution < 1.29 is 19.1 Å². The SMILES string of the molecule is CCN(CC(C)C(=O)OC)C(=O)C1CCN(c2cccc(Br)c2)C1=O. The van der Waals surface area contributed by atoms with Crippen molar-refractivity contribution in [2.75, 3.05) is 31.6 Å². The lowest BCUT2D eigenvalue weighted by Gasteiger charge is -2.26. The number of methoxy groups -OCH3 is 1. The summed E-state index contributed by atoms with van der Waals surface area (Å²) in [6, 6.07) is 7.46. The summed E-state index contributed by atoms with van der Waals surface area (Å²) < 4.78 is 5.60. The highest BCUT2D eigenvalue weighted by Gasteiger charge is 2.40. The molecule has 1 saturated heterocycles. The normalized spacial score (nSPS) is 18.2. The van der Waals surface area contributed by atoms with Crippen LogP contribution in [-0.4, -0.2) is 49.4 Å². The van der Waals surface area contributed by atoms with Gasteiger partial charge in [0.2, 0.25) is 11.8 Å². The highest BCUT2D eigenvalue weighted by atomic mass is 79.9. The number of rotatable bonds is 6. The van der Waals surface area contributed by atoms with Crippen LogP contribution in [-0.2, 0) is 19.1 Å². The topological polar surface area (TPSA) is 66.9 Å². The zero-order valence-corrected chi connectivity index (χ0v) is 16.3. The third-order valence-corrected chi connectivity index (χ3v) is 4.91. The minimum Gasteiger partial charge on any atom is -0.469 e. The van der Waals surface area contributed by atoms with E-state index in [1.807, 2.05) is 31.2 Å². The standard InChI is InChI=1S/C18H23BrN2O4/c1-4-20(11-12(2)18(24)25-3)16(22)15-8-9-21(17(15)23)14-7-5-6-13(19)10-14/h5-7,10,12,15H,4,8-9,11H2,1-3H3. The fraction of sp³-hybridized carbons (Fsp3) is 0.500. The molecular weight excluding hydrogens is 388 g/mol. The van der Waals surface area contributed by atoms with Crippen molar-refractivity contribution in [3.8, 4) is 0 Å². The van der Waals surface area contributed by atoms with Crippen LogP contribution >= 0.6 is 15.9 Å².